The Kier molecular flexibility index (Phi) is 42.8. The first-order valence-corrected chi connectivity index (χ1v) is 27.8. The van der Waals surface area contributed by atoms with Crippen molar-refractivity contribution >= 4 is 19.7 Å². The van der Waals surface area contributed by atoms with Gasteiger partial charge in [0, 0.05) is 12.8 Å². The Hall–Kier alpha value is -1.77. The van der Waals surface area contributed by atoms with Crippen molar-refractivity contribution in [2.45, 2.75) is 251 Å². The highest BCUT2D eigenvalue weighted by atomic mass is 31.2. The molecular formula is C53H102N2O7P+. The lowest BCUT2D eigenvalue weighted by molar-refractivity contribution is -0.870. The van der Waals surface area contributed by atoms with Crippen LogP contribution >= 0.6 is 7.82 Å². The van der Waals surface area contributed by atoms with E-state index in [1.165, 1.54) is 122 Å². The molecule has 9 nitrogen and oxygen atoms in total. The van der Waals surface area contributed by atoms with Crippen molar-refractivity contribution < 1.29 is 37.3 Å². The molecule has 0 radical (unpaired) electrons. The number of phosphoric acid groups is 1. The third kappa shape index (κ3) is 45.2. The number of nitrogens with one attached hydrogen (secondary N) is 1. The SMILES string of the molecule is CCCCCCCC/C=C\CCCCCC(=O)NC(COP(=O)(O)OCC[N+](C)(C)C)C(/C=C/CCCCCCCCCCC)OC(=O)CCCCC/C=C\CCCCCCCC. The molecule has 0 fully saturated rings. The highest BCUT2D eigenvalue weighted by Crippen LogP contribution is 2.43. The number of rotatable bonds is 47. The predicted molar refractivity (Wildman–Crippen MR) is 268 cm³/mol. The van der Waals surface area contributed by atoms with Crippen LogP contribution in [0.25, 0.3) is 0 Å². The second kappa shape index (κ2) is 44.1. The zero-order valence-electron chi connectivity index (χ0n) is 42.1. The van der Waals surface area contributed by atoms with Crippen LogP contribution in [0.2, 0.25) is 0 Å². The van der Waals surface area contributed by atoms with Crippen molar-refractivity contribution in [1.82, 2.24) is 5.32 Å². The van der Waals surface area contributed by atoms with Gasteiger partial charge in [-0.2, -0.15) is 0 Å². The highest BCUT2D eigenvalue weighted by molar-refractivity contribution is 7.47. The molecule has 0 heterocycles. The monoisotopic (exact) mass is 910 g/mol. The van der Waals surface area contributed by atoms with Crippen LogP contribution in [0.4, 0.5) is 0 Å². The average Bonchev–Trinajstić information content (AvgIpc) is 3.23. The Morgan fingerprint density at radius 3 is 1.35 bits per heavy atom. The average molecular weight is 910 g/mol. The van der Waals surface area contributed by atoms with Gasteiger partial charge in [-0.15, -0.1) is 0 Å². The molecule has 0 saturated carbocycles. The summed E-state index contributed by atoms with van der Waals surface area (Å²) >= 11 is 0. The van der Waals surface area contributed by atoms with Crippen molar-refractivity contribution in [1.29, 1.82) is 0 Å². The molecule has 0 aromatic carbocycles. The lowest BCUT2D eigenvalue weighted by Crippen LogP contribution is -2.47. The number of quaternary nitrogens is 1. The van der Waals surface area contributed by atoms with E-state index in [1.54, 1.807) is 0 Å². The number of nitrogens with zero attached hydrogens (tertiary/aromatic N) is 1. The largest absolute Gasteiger partial charge is 0.472 e. The molecule has 3 atom stereocenters. The summed E-state index contributed by atoms with van der Waals surface area (Å²) in [6, 6.07) is -0.856. The number of allylic oxidation sites excluding steroid dienone is 5. The first kappa shape index (κ1) is 61.2. The first-order chi connectivity index (χ1) is 30.4. The molecule has 2 N–H and O–H groups in total. The number of amides is 1. The summed E-state index contributed by atoms with van der Waals surface area (Å²) in [7, 11) is 1.48. The second-order valence-corrected chi connectivity index (χ2v) is 20.5. The van der Waals surface area contributed by atoms with Gasteiger partial charge in [0.2, 0.25) is 5.91 Å². The fourth-order valence-electron chi connectivity index (χ4n) is 7.40. The van der Waals surface area contributed by atoms with Gasteiger partial charge in [-0.25, -0.2) is 4.57 Å². The number of ether oxygens (including phenoxy) is 1. The topological polar surface area (TPSA) is 111 Å². The molecule has 0 saturated heterocycles. The molecule has 0 aliphatic heterocycles. The number of phosphoric ester groups is 1. The normalized spacial score (nSPS) is 14.2. The van der Waals surface area contributed by atoms with E-state index in [1.807, 2.05) is 33.3 Å². The molecule has 370 valence electrons. The molecule has 1 amide bonds. The molecule has 3 unspecified atom stereocenters. The Balaban J connectivity index is 5.46. The number of carbonyl (C=O) groups excluding carboxylic acids is 2. The Morgan fingerprint density at radius 1 is 0.540 bits per heavy atom. The van der Waals surface area contributed by atoms with Crippen molar-refractivity contribution in [3.63, 3.8) is 0 Å². The predicted octanol–water partition coefficient (Wildman–Crippen LogP) is 15.2. The maximum atomic E-state index is 13.4. The van der Waals surface area contributed by atoms with Gasteiger partial charge >= 0.3 is 13.8 Å². The number of carbonyl (C=O) groups is 2. The van der Waals surface area contributed by atoms with Crippen LogP contribution in [0.1, 0.15) is 239 Å². The Bertz CT molecular complexity index is 1180. The van der Waals surface area contributed by atoms with Crippen molar-refractivity contribution in [3.05, 3.63) is 36.5 Å². The fraction of sp³-hybridized carbons (Fsp3) is 0.849. The van der Waals surface area contributed by atoms with Gasteiger partial charge in [0.15, 0.2) is 0 Å². The maximum Gasteiger partial charge on any atom is 0.472 e. The van der Waals surface area contributed by atoms with E-state index in [0.29, 0.717) is 23.9 Å². The summed E-state index contributed by atoms with van der Waals surface area (Å²) < 4.78 is 30.4. The van der Waals surface area contributed by atoms with Gasteiger partial charge in [0.25, 0.3) is 0 Å². The zero-order valence-corrected chi connectivity index (χ0v) is 43.0. The number of hydrogen-bond acceptors (Lipinski definition) is 6. The first-order valence-electron chi connectivity index (χ1n) is 26.3. The third-order valence-corrected chi connectivity index (χ3v) is 12.5. The van der Waals surface area contributed by atoms with E-state index in [-0.39, 0.29) is 31.5 Å². The number of hydrogen-bond donors (Lipinski definition) is 2. The summed E-state index contributed by atoms with van der Waals surface area (Å²) in [5, 5.41) is 3.02. The molecule has 0 spiro atoms. The smallest absolute Gasteiger partial charge is 0.456 e. The summed E-state index contributed by atoms with van der Waals surface area (Å²) in [6.45, 7) is 6.96. The van der Waals surface area contributed by atoms with E-state index in [4.69, 9.17) is 13.8 Å². The van der Waals surface area contributed by atoms with Crippen LogP contribution in [-0.2, 0) is 27.9 Å². The summed E-state index contributed by atoms with van der Waals surface area (Å²) in [5.74, 6) is -0.541. The molecule has 63 heavy (non-hydrogen) atoms. The molecule has 10 heteroatoms. The van der Waals surface area contributed by atoms with Gasteiger partial charge in [0.1, 0.15) is 19.3 Å². The maximum absolute atomic E-state index is 13.4. The molecule has 0 bridgehead atoms. The third-order valence-electron chi connectivity index (χ3n) is 11.6. The molecule has 0 aliphatic rings. The zero-order chi connectivity index (χ0) is 46.5. The molecular weight excluding hydrogens is 808 g/mol. The number of esters is 1. The minimum absolute atomic E-state index is 0.0362. The number of unbranched alkanes of at least 4 members (excludes halogenated alkanes) is 27. The van der Waals surface area contributed by atoms with Gasteiger partial charge in [-0.3, -0.25) is 18.6 Å². The highest BCUT2D eigenvalue weighted by Gasteiger charge is 2.30. The van der Waals surface area contributed by atoms with Crippen molar-refractivity contribution in [2.24, 2.45) is 0 Å². The van der Waals surface area contributed by atoms with Gasteiger partial charge in [0.05, 0.1) is 33.8 Å². The fourth-order valence-corrected chi connectivity index (χ4v) is 8.13. The summed E-state index contributed by atoms with van der Waals surface area (Å²) in [4.78, 5) is 37.3. The lowest BCUT2D eigenvalue weighted by Gasteiger charge is -2.27. The van der Waals surface area contributed by atoms with E-state index in [2.05, 4.69) is 50.4 Å². The molecule has 0 aromatic heterocycles. The second-order valence-electron chi connectivity index (χ2n) is 19.0. The lowest BCUT2D eigenvalue weighted by atomic mass is 10.1. The van der Waals surface area contributed by atoms with Gasteiger partial charge < -0.3 is 19.4 Å². The van der Waals surface area contributed by atoms with Gasteiger partial charge in [-0.1, -0.05) is 180 Å². The standard InChI is InChI=1S/C53H101N2O7P/c1-7-10-13-16-19-22-25-27-30-33-36-39-42-45-52(56)54-50(49-61-63(58,59)60-48-47-55(4,5)6)51(44-41-38-35-32-29-24-21-18-15-12-9-3)62-53(57)46-43-40-37-34-31-28-26-23-20-17-14-11-8-2/h27-28,30-31,41,44,50-51H,7-26,29,32-40,42-43,45-49H2,1-6H3,(H-,54,56,58,59)/p+1/b30-27-,31-28-,44-41+. The minimum atomic E-state index is -4.44. The molecule has 0 aliphatic carbocycles. The Morgan fingerprint density at radius 2 is 0.921 bits per heavy atom. The minimum Gasteiger partial charge on any atom is -0.456 e. The summed E-state index contributed by atoms with van der Waals surface area (Å²) in [5.41, 5.74) is 0. The van der Waals surface area contributed by atoms with Gasteiger partial charge in [-0.05, 0) is 83.1 Å². The van der Waals surface area contributed by atoms with Crippen LogP contribution < -0.4 is 5.32 Å². The van der Waals surface area contributed by atoms with Crippen LogP contribution in [0.15, 0.2) is 36.5 Å². The van der Waals surface area contributed by atoms with E-state index < -0.39 is 20.0 Å². The summed E-state index contributed by atoms with van der Waals surface area (Å²) in [6.07, 6.45) is 49.9. The van der Waals surface area contributed by atoms with Crippen LogP contribution in [-0.4, -0.2) is 74.3 Å². The van der Waals surface area contributed by atoms with E-state index in [0.717, 1.165) is 77.0 Å². The van der Waals surface area contributed by atoms with Crippen LogP contribution in [0.3, 0.4) is 0 Å². The van der Waals surface area contributed by atoms with Crippen molar-refractivity contribution in [2.75, 3.05) is 40.9 Å². The van der Waals surface area contributed by atoms with Crippen molar-refractivity contribution in [3.8, 4) is 0 Å². The van der Waals surface area contributed by atoms with Crippen LogP contribution in [0, 0.1) is 0 Å². The quantitative estimate of drug-likeness (QED) is 0.0206. The van der Waals surface area contributed by atoms with E-state index >= 15 is 0 Å². The molecule has 0 aromatic rings. The molecule has 0 rings (SSSR count). The van der Waals surface area contributed by atoms with E-state index in [9.17, 15) is 19.0 Å². The Labute approximate surface area is 389 Å². The van der Waals surface area contributed by atoms with Crippen LogP contribution in [0.5, 0.6) is 0 Å². The number of likely N-dealkylation sites (N-methyl/N-ethyl adjacent to an activating group) is 1.